The molecule has 0 aromatic rings. The van der Waals surface area contributed by atoms with Crippen molar-refractivity contribution < 1.29 is 14.7 Å². The minimum atomic E-state index is -0.204. The van der Waals surface area contributed by atoms with E-state index in [1.54, 1.807) is 6.08 Å². The fourth-order valence-corrected chi connectivity index (χ4v) is 2.34. The molecule has 0 unspecified atom stereocenters. The molecule has 1 N–H and O–H groups in total. The Kier molecular flexibility index (Phi) is 6.27. The van der Waals surface area contributed by atoms with Crippen LogP contribution in [0, 0.1) is 5.41 Å². The topological polar surface area (TPSA) is 58.9 Å². The molecule has 4 nitrogen and oxygen atoms in total. The smallest absolute Gasteiger partial charge is 0.168 e. The summed E-state index contributed by atoms with van der Waals surface area (Å²) in [5, 5.41) is 14.2. The van der Waals surface area contributed by atoms with Crippen LogP contribution in [-0.2, 0) is 9.63 Å². The van der Waals surface area contributed by atoms with Gasteiger partial charge in [0.1, 0.15) is 12.4 Å². The largest absolute Gasteiger partial charge is 0.511 e. The van der Waals surface area contributed by atoms with Crippen LogP contribution in [0.3, 0.4) is 0 Å². The molecule has 0 amide bonds. The molecular weight excluding hydrogens is 278 g/mol. The van der Waals surface area contributed by atoms with E-state index in [1.165, 1.54) is 5.54 Å². The predicted octanol–water partition coefficient (Wildman–Crippen LogP) is 4.11. The number of rotatable bonds is 6. The van der Waals surface area contributed by atoms with Crippen LogP contribution in [-0.4, -0.2) is 23.2 Å². The zero-order chi connectivity index (χ0) is 15.2. The maximum absolute atomic E-state index is 12.2. The van der Waals surface area contributed by atoms with E-state index >= 15 is 0 Å². The molecule has 0 aliphatic heterocycles. The molecule has 1 aliphatic rings. The van der Waals surface area contributed by atoms with Crippen LogP contribution in [0.4, 0.5) is 0 Å². The molecule has 0 atom stereocenters. The molecule has 0 spiro atoms. The van der Waals surface area contributed by atoms with Gasteiger partial charge in [0.15, 0.2) is 5.78 Å². The van der Waals surface area contributed by atoms with Crippen molar-refractivity contribution >= 4 is 23.1 Å². The number of Topliss-reactive ketones (excluding diaryl/α,β-unsaturated/α-hetero) is 1. The third-order valence-electron chi connectivity index (χ3n) is 3.06. The number of carbonyl (C=O) groups excluding carboxylic acids is 1. The lowest BCUT2D eigenvalue weighted by Crippen LogP contribution is -2.29. The number of hydrogen-bond acceptors (Lipinski definition) is 4. The van der Waals surface area contributed by atoms with Gasteiger partial charge in [0.05, 0.1) is 11.3 Å². The summed E-state index contributed by atoms with van der Waals surface area (Å²) in [6.07, 6.45) is 3.92. The molecule has 20 heavy (non-hydrogen) atoms. The van der Waals surface area contributed by atoms with Crippen molar-refractivity contribution in [2.24, 2.45) is 10.6 Å². The number of hydrogen-bond donors (Lipinski definition) is 1. The Morgan fingerprint density at radius 2 is 2.20 bits per heavy atom. The van der Waals surface area contributed by atoms with Crippen LogP contribution in [0.2, 0.25) is 0 Å². The number of halogens is 1. The van der Waals surface area contributed by atoms with Gasteiger partial charge in [-0.15, -0.1) is 0 Å². The molecule has 0 fully saturated rings. The van der Waals surface area contributed by atoms with Crippen LogP contribution >= 0.6 is 11.6 Å². The Morgan fingerprint density at radius 3 is 2.75 bits per heavy atom. The van der Waals surface area contributed by atoms with Crippen LogP contribution < -0.4 is 0 Å². The molecular formula is C15H22ClNO3. The minimum absolute atomic E-state index is 0.0672. The van der Waals surface area contributed by atoms with Crippen LogP contribution in [0.15, 0.2) is 28.1 Å². The van der Waals surface area contributed by atoms with Crippen molar-refractivity contribution in [1.82, 2.24) is 0 Å². The maximum Gasteiger partial charge on any atom is 0.168 e. The van der Waals surface area contributed by atoms with Crippen molar-refractivity contribution in [1.29, 1.82) is 0 Å². The number of aliphatic hydroxyl groups excluding tert-OH is 1. The van der Waals surface area contributed by atoms with E-state index < -0.39 is 0 Å². The first-order chi connectivity index (χ1) is 9.41. The van der Waals surface area contributed by atoms with E-state index in [9.17, 15) is 9.90 Å². The molecule has 0 aromatic heterocycles. The molecule has 0 saturated carbocycles. The van der Waals surface area contributed by atoms with E-state index in [1.807, 2.05) is 20.8 Å². The summed E-state index contributed by atoms with van der Waals surface area (Å²) in [6, 6.07) is 0. The highest BCUT2D eigenvalue weighted by Gasteiger charge is 2.35. The quantitative estimate of drug-likeness (QED) is 0.456. The summed E-state index contributed by atoms with van der Waals surface area (Å²) in [7, 11) is 0. The lowest BCUT2D eigenvalue weighted by atomic mass is 9.75. The highest BCUT2D eigenvalue weighted by atomic mass is 35.5. The first-order valence-corrected chi connectivity index (χ1v) is 7.24. The molecule has 0 bridgehead atoms. The summed E-state index contributed by atoms with van der Waals surface area (Å²) in [5.74, 6) is 0.0531. The fourth-order valence-electron chi connectivity index (χ4n) is 2.26. The first-order valence-electron chi connectivity index (χ1n) is 6.81. The maximum atomic E-state index is 12.2. The number of nitrogens with zero attached hydrogens (tertiary/aromatic N) is 1. The van der Waals surface area contributed by atoms with Crippen molar-refractivity contribution in [2.75, 3.05) is 6.61 Å². The van der Waals surface area contributed by atoms with Gasteiger partial charge in [0, 0.05) is 18.4 Å². The molecule has 0 heterocycles. The number of carbonyl (C=O) groups is 1. The monoisotopic (exact) mass is 299 g/mol. The summed E-state index contributed by atoms with van der Waals surface area (Å²) in [6.45, 7) is 6.17. The SMILES string of the molecule is CCCC(=NOC/C=C/Cl)C1=C(O)CC(C)(C)CC1=O. The van der Waals surface area contributed by atoms with Gasteiger partial charge in [-0.1, -0.05) is 43.9 Å². The van der Waals surface area contributed by atoms with Crippen molar-refractivity contribution in [3.63, 3.8) is 0 Å². The van der Waals surface area contributed by atoms with Crippen molar-refractivity contribution in [3.8, 4) is 0 Å². The van der Waals surface area contributed by atoms with Crippen LogP contribution in [0.5, 0.6) is 0 Å². The number of aliphatic hydroxyl groups is 1. The molecule has 1 aliphatic carbocycles. The van der Waals surface area contributed by atoms with Gasteiger partial charge in [-0.2, -0.15) is 0 Å². The molecule has 0 radical (unpaired) electrons. The zero-order valence-electron chi connectivity index (χ0n) is 12.3. The van der Waals surface area contributed by atoms with Crippen molar-refractivity contribution in [2.45, 2.75) is 46.5 Å². The Morgan fingerprint density at radius 1 is 1.50 bits per heavy atom. The molecule has 5 heteroatoms. The number of oxime groups is 1. The lowest BCUT2D eigenvalue weighted by Gasteiger charge is -2.29. The second kappa shape index (κ2) is 7.48. The van der Waals surface area contributed by atoms with Crippen LogP contribution in [0.25, 0.3) is 0 Å². The Balaban J connectivity index is 2.98. The summed E-state index contributed by atoms with van der Waals surface area (Å²) >= 11 is 5.39. The van der Waals surface area contributed by atoms with Gasteiger partial charge >= 0.3 is 0 Å². The van der Waals surface area contributed by atoms with E-state index in [-0.39, 0.29) is 23.6 Å². The van der Waals surface area contributed by atoms with Gasteiger partial charge in [-0.3, -0.25) is 4.79 Å². The summed E-state index contributed by atoms with van der Waals surface area (Å²) in [5.41, 5.74) is 2.00. The van der Waals surface area contributed by atoms with Gasteiger partial charge in [0.2, 0.25) is 0 Å². The highest BCUT2D eigenvalue weighted by Crippen LogP contribution is 2.36. The third kappa shape index (κ3) is 4.67. The number of allylic oxidation sites excluding steroid dienone is 2. The standard InChI is InChI=1S/C15H22ClNO3/c1-4-6-11(17-20-8-5-7-16)14-12(18)9-15(2,3)10-13(14)19/h5,7,18H,4,6,8-10H2,1-3H3/b7-5+,17-11?. The fraction of sp³-hybridized carbons (Fsp3) is 0.600. The Hall–Kier alpha value is -1.29. The highest BCUT2D eigenvalue weighted by molar-refractivity contribution is 6.25. The van der Waals surface area contributed by atoms with E-state index in [2.05, 4.69) is 5.16 Å². The van der Waals surface area contributed by atoms with Gasteiger partial charge < -0.3 is 9.94 Å². The number of ketones is 1. The van der Waals surface area contributed by atoms with Gasteiger partial charge in [-0.25, -0.2) is 0 Å². The predicted molar refractivity (Wildman–Crippen MR) is 81.0 cm³/mol. The van der Waals surface area contributed by atoms with E-state index in [0.717, 1.165) is 6.42 Å². The minimum Gasteiger partial charge on any atom is -0.511 e. The molecule has 0 aromatic carbocycles. The molecule has 1 rings (SSSR count). The zero-order valence-corrected chi connectivity index (χ0v) is 13.0. The Bertz CT molecular complexity index is 450. The van der Waals surface area contributed by atoms with Crippen molar-refractivity contribution in [3.05, 3.63) is 22.9 Å². The molecule has 0 saturated heterocycles. The summed E-state index contributed by atoms with van der Waals surface area (Å²) < 4.78 is 0. The second-order valence-corrected chi connectivity index (χ2v) is 5.96. The first kappa shape index (κ1) is 16.8. The lowest BCUT2D eigenvalue weighted by molar-refractivity contribution is -0.118. The summed E-state index contributed by atoms with van der Waals surface area (Å²) in [4.78, 5) is 17.3. The van der Waals surface area contributed by atoms with Crippen LogP contribution in [0.1, 0.15) is 46.5 Å². The Labute approximate surface area is 125 Å². The second-order valence-electron chi connectivity index (χ2n) is 5.71. The normalized spacial score (nSPS) is 19.8. The van der Waals surface area contributed by atoms with E-state index in [4.69, 9.17) is 16.4 Å². The van der Waals surface area contributed by atoms with E-state index in [0.29, 0.717) is 30.5 Å². The third-order valence-corrected chi connectivity index (χ3v) is 3.24. The average molecular weight is 300 g/mol. The average Bonchev–Trinajstić information content (AvgIpc) is 2.32. The van der Waals surface area contributed by atoms with Gasteiger partial charge in [-0.05, 0) is 17.9 Å². The molecule has 112 valence electrons. The van der Waals surface area contributed by atoms with Gasteiger partial charge in [0.25, 0.3) is 0 Å².